The number of imide groups is 1. The normalized spacial score (nSPS) is 16.7. The van der Waals surface area contributed by atoms with E-state index >= 15 is 0 Å². The van der Waals surface area contributed by atoms with Crippen molar-refractivity contribution in [3.05, 3.63) is 23.4 Å². The first-order chi connectivity index (χ1) is 12.6. The molecule has 0 unspecified atom stereocenters. The molecule has 1 atom stereocenters. The van der Waals surface area contributed by atoms with Crippen LogP contribution < -0.4 is 10.6 Å². The monoisotopic (exact) mass is 396 g/mol. The van der Waals surface area contributed by atoms with Crippen molar-refractivity contribution in [2.45, 2.75) is 45.3 Å². The van der Waals surface area contributed by atoms with E-state index in [1.165, 1.54) is 19.2 Å². The summed E-state index contributed by atoms with van der Waals surface area (Å²) >= 11 is 5.71. The second-order valence-electron chi connectivity index (χ2n) is 6.60. The number of rotatable bonds is 7. The smallest absolute Gasteiger partial charge is 0.325 e. The number of nitrogens with one attached hydrogen (secondary N) is 2. The molecule has 9 nitrogen and oxygen atoms in total. The Hall–Kier alpha value is -2.68. The van der Waals surface area contributed by atoms with Crippen molar-refractivity contribution in [2.24, 2.45) is 0 Å². The predicted molar refractivity (Wildman–Crippen MR) is 97.0 cm³/mol. The number of carbonyl (C=O) groups excluding carboxylic acids is 4. The van der Waals surface area contributed by atoms with E-state index in [0.717, 1.165) is 4.90 Å². The molecule has 10 heteroatoms. The van der Waals surface area contributed by atoms with Gasteiger partial charge in [0.2, 0.25) is 0 Å². The Morgan fingerprint density at radius 2 is 2.07 bits per heavy atom. The van der Waals surface area contributed by atoms with E-state index in [-0.39, 0.29) is 31.1 Å². The van der Waals surface area contributed by atoms with Crippen LogP contribution in [0.2, 0.25) is 5.02 Å². The van der Waals surface area contributed by atoms with E-state index in [4.69, 9.17) is 16.3 Å². The van der Waals surface area contributed by atoms with Gasteiger partial charge in [0.1, 0.15) is 11.4 Å². The highest BCUT2D eigenvalue weighted by Crippen LogP contribution is 2.17. The molecule has 1 aromatic heterocycles. The van der Waals surface area contributed by atoms with Crippen LogP contribution in [-0.2, 0) is 19.1 Å². The summed E-state index contributed by atoms with van der Waals surface area (Å²) in [6, 6.07) is 2.60. The van der Waals surface area contributed by atoms with Gasteiger partial charge in [-0.15, -0.1) is 0 Å². The number of carbonyl (C=O) groups is 4. The Bertz CT molecular complexity index is 750. The summed E-state index contributed by atoms with van der Waals surface area (Å²) in [6.45, 7) is 4.75. The largest absolute Gasteiger partial charge is 0.453 e. The zero-order valence-electron chi connectivity index (χ0n) is 15.2. The van der Waals surface area contributed by atoms with Gasteiger partial charge < -0.3 is 15.4 Å². The van der Waals surface area contributed by atoms with Gasteiger partial charge in [-0.1, -0.05) is 11.6 Å². The van der Waals surface area contributed by atoms with E-state index < -0.39 is 29.6 Å². The number of urea groups is 1. The third kappa shape index (κ3) is 5.40. The maximum atomic E-state index is 12.0. The van der Waals surface area contributed by atoms with Gasteiger partial charge in [-0.2, -0.15) is 0 Å². The second kappa shape index (κ2) is 8.34. The molecule has 27 heavy (non-hydrogen) atoms. The average Bonchev–Trinajstić information content (AvgIpc) is 2.78. The molecule has 2 rings (SSSR count). The molecule has 0 saturated carbocycles. The number of amides is 4. The van der Waals surface area contributed by atoms with Gasteiger partial charge in [0.25, 0.3) is 11.8 Å². The molecule has 1 saturated heterocycles. The summed E-state index contributed by atoms with van der Waals surface area (Å²) in [5, 5.41) is 5.49. The van der Waals surface area contributed by atoms with Gasteiger partial charge >= 0.3 is 12.0 Å². The van der Waals surface area contributed by atoms with Crippen LogP contribution in [0.5, 0.6) is 0 Å². The summed E-state index contributed by atoms with van der Waals surface area (Å²) in [5.41, 5.74) is -0.945. The van der Waals surface area contributed by atoms with Crippen molar-refractivity contribution in [1.29, 1.82) is 0 Å². The van der Waals surface area contributed by atoms with Gasteiger partial charge in [0.05, 0.1) is 5.02 Å². The van der Waals surface area contributed by atoms with Gasteiger partial charge in [-0.25, -0.2) is 9.78 Å². The Balaban J connectivity index is 1.75. The number of halogens is 1. The molecule has 2 heterocycles. The second-order valence-corrected chi connectivity index (χ2v) is 7.03. The summed E-state index contributed by atoms with van der Waals surface area (Å²) in [6.07, 6.45) is 0.561. The number of aromatic nitrogens is 1. The molecular formula is C17H21ClN4O5. The minimum absolute atomic E-state index is 0.0334. The number of hydrogen-bond donors (Lipinski definition) is 2. The first-order valence-electron chi connectivity index (χ1n) is 8.36. The van der Waals surface area contributed by atoms with Crippen molar-refractivity contribution >= 4 is 41.2 Å². The fourth-order valence-electron chi connectivity index (χ4n) is 2.39. The number of anilines is 1. The molecule has 0 spiro atoms. The number of esters is 1. The Morgan fingerprint density at radius 1 is 1.37 bits per heavy atom. The highest BCUT2D eigenvalue weighted by Gasteiger charge is 2.43. The van der Waals surface area contributed by atoms with Crippen LogP contribution in [0, 0.1) is 0 Å². The number of hydrogen-bond acceptors (Lipinski definition) is 6. The molecule has 0 bridgehead atoms. The Labute approximate surface area is 161 Å². The molecule has 0 aliphatic carbocycles. The molecule has 0 aromatic carbocycles. The quantitative estimate of drug-likeness (QED) is 0.535. The number of nitrogens with zero attached hydrogens (tertiary/aromatic N) is 2. The SMILES string of the molecule is C[C@@H](OC(=O)CCCN1C(=O)NC(C)(C)C1=O)C(=O)Nc1ccc(Cl)cn1. The standard InChI is InChI=1S/C17H21ClN4O5/c1-10(14(24)20-12-7-6-11(18)9-19-12)27-13(23)5-4-8-22-15(25)17(2,3)21-16(22)26/h6-7,9-10H,4-5,8H2,1-3H3,(H,21,26)(H,19,20,24)/t10-/m1/s1. The molecule has 1 aliphatic rings. The van der Waals surface area contributed by atoms with Crippen molar-refractivity contribution in [1.82, 2.24) is 15.2 Å². The molecule has 1 aliphatic heterocycles. The maximum Gasteiger partial charge on any atom is 0.325 e. The molecule has 1 aromatic rings. The molecule has 146 valence electrons. The van der Waals surface area contributed by atoms with Gasteiger partial charge in [0.15, 0.2) is 6.10 Å². The molecule has 1 fully saturated rings. The first-order valence-corrected chi connectivity index (χ1v) is 8.74. The third-order valence-corrected chi connectivity index (χ3v) is 4.09. The maximum absolute atomic E-state index is 12.0. The lowest BCUT2D eigenvalue weighted by molar-refractivity contribution is -0.153. The van der Waals surface area contributed by atoms with E-state index in [0.29, 0.717) is 5.02 Å². The average molecular weight is 397 g/mol. The zero-order chi connectivity index (χ0) is 20.2. The van der Waals surface area contributed by atoms with E-state index in [2.05, 4.69) is 15.6 Å². The molecule has 4 amide bonds. The minimum Gasteiger partial charge on any atom is -0.453 e. The third-order valence-electron chi connectivity index (χ3n) is 3.86. The van der Waals surface area contributed by atoms with Gasteiger partial charge in [0, 0.05) is 19.2 Å². The lowest BCUT2D eigenvalue weighted by Crippen LogP contribution is -2.40. The number of pyridine rings is 1. The van der Waals surface area contributed by atoms with E-state index in [1.54, 1.807) is 19.9 Å². The highest BCUT2D eigenvalue weighted by molar-refractivity contribution is 6.30. The van der Waals surface area contributed by atoms with E-state index in [1.807, 2.05) is 0 Å². The van der Waals surface area contributed by atoms with E-state index in [9.17, 15) is 19.2 Å². The Morgan fingerprint density at radius 3 is 2.63 bits per heavy atom. The van der Waals surface area contributed by atoms with Crippen molar-refractivity contribution < 1.29 is 23.9 Å². The lowest BCUT2D eigenvalue weighted by Gasteiger charge is -2.16. The Kier molecular flexibility index (Phi) is 6.37. The predicted octanol–water partition coefficient (Wildman–Crippen LogP) is 1.72. The van der Waals surface area contributed by atoms with Crippen molar-refractivity contribution in [3.63, 3.8) is 0 Å². The fraction of sp³-hybridized carbons (Fsp3) is 0.471. The summed E-state index contributed by atoms with van der Waals surface area (Å²) in [7, 11) is 0. The first kappa shape index (κ1) is 20.6. The number of ether oxygens (including phenoxy) is 1. The molecule has 2 N–H and O–H groups in total. The zero-order valence-corrected chi connectivity index (χ0v) is 16.0. The van der Waals surface area contributed by atoms with Gasteiger partial charge in [-0.3, -0.25) is 19.3 Å². The summed E-state index contributed by atoms with van der Waals surface area (Å²) in [5.74, 6) is -1.19. The molecule has 0 radical (unpaired) electrons. The topological polar surface area (TPSA) is 118 Å². The van der Waals surface area contributed by atoms with Crippen LogP contribution in [0.4, 0.5) is 10.6 Å². The molecular weight excluding hydrogens is 376 g/mol. The summed E-state index contributed by atoms with van der Waals surface area (Å²) < 4.78 is 5.06. The summed E-state index contributed by atoms with van der Waals surface area (Å²) in [4.78, 5) is 52.7. The van der Waals surface area contributed by atoms with Gasteiger partial charge in [-0.05, 0) is 39.3 Å². The minimum atomic E-state index is -1.02. The van der Waals surface area contributed by atoms with Crippen LogP contribution in [0.3, 0.4) is 0 Å². The lowest BCUT2D eigenvalue weighted by atomic mass is 10.1. The fourth-order valence-corrected chi connectivity index (χ4v) is 2.50. The van der Waals surface area contributed by atoms with Crippen LogP contribution in [0.15, 0.2) is 18.3 Å². The van der Waals surface area contributed by atoms with Crippen LogP contribution in [-0.4, -0.2) is 51.9 Å². The van der Waals surface area contributed by atoms with Crippen molar-refractivity contribution in [2.75, 3.05) is 11.9 Å². The van der Waals surface area contributed by atoms with Crippen LogP contribution >= 0.6 is 11.6 Å². The van der Waals surface area contributed by atoms with Crippen molar-refractivity contribution in [3.8, 4) is 0 Å². The van der Waals surface area contributed by atoms with Crippen LogP contribution in [0.25, 0.3) is 0 Å². The van der Waals surface area contributed by atoms with Crippen LogP contribution in [0.1, 0.15) is 33.6 Å². The highest BCUT2D eigenvalue weighted by atomic mass is 35.5.